The summed E-state index contributed by atoms with van der Waals surface area (Å²) in [5.74, 6) is 3.20. The summed E-state index contributed by atoms with van der Waals surface area (Å²) >= 11 is 0. The summed E-state index contributed by atoms with van der Waals surface area (Å²) in [5, 5.41) is 3.78. The zero-order chi connectivity index (χ0) is 11.7. The number of nitrogens with zero attached hydrogens (tertiary/aromatic N) is 2. The molecule has 0 bridgehead atoms. The normalized spacial score (nSPS) is 20.1. The van der Waals surface area contributed by atoms with Crippen molar-refractivity contribution < 1.29 is 0 Å². The summed E-state index contributed by atoms with van der Waals surface area (Å²) < 4.78 is 2.28. The summed E-state index contributed by atoms with van der Waals surface area (Å²) in [6.45, 7) is 4.34. The Hall–Kier alpha value is -0.830. The van der Waals surface area contributed by atoms with E-state index in [1.807, 2.05) is 6.20 Å². The number of aromatic nitrogens is 2. The minimum absolute atomic E-state index is 0.823. The van der Waals surface area contributed by atoms with Crippen LogP contribution in [0.15, 0.2) is 12.4 Å². The number of aryl methyl sites for hydroxylation is 1. The molecule has 3 nitrogen and oxygen atoms in total. The second-order valence-electron chi connectivity index (χ2n) is 5.55. The number of hydrogen-bond donors (Lipinski definition) is 1. The van der Waals surface area contributed by atoms with Crippen molar-refractivity contribution in [2.45, 2.75) is 51.6 Å². The fourth-order valence-corrected chi connectivity index (χ4v) is 2.84. The topological polar surface area (TPSA) is 29.9 Å². The van der Waals surface area contributed by atoms with Crippen LogP contribution in [0.1, 0.15) is 38.4 Å². The third-order valence-corrected chi connectivity index (χ3v) is 4.11. The molecule has 0 atom stereocenters. The predicted molar refractivity (Wildman–Crippen MR) is 68.8 cm³/mol. The molecule has 0 saturated heterocycles. The van der Waals surface area contributed by atoms with E-state index in [2.05, 4.69) is 28.0 Å². The van der Waals surface area contributed by atoms with Crippen LogP contribution in [0.4, 0.5) is 0 Å². The number of imidazole rings is 1. The molecule has 1 heterocycles. The zero-order valence-electron chi connectivity index (χ0n) is 10.7. The van der Waals surface area contributed by atoms with Gasteiger partial charge in [-0.25, -0.2) is 4.98 Å². The van der Waals surface area contributed by atoms with Gasteiger partial charge in [0.2, 0.25) is 0 Å². The van der Waals surface area contributed by atoms with Crippen molar-refractivity contribution in [1.82, 2.24) is 14.9 Å². The van der Waals surface area contributed by atoms with Crippen LogP contribution < -0.4 is 5.32 Å². The zero-order valence-corrected chi connectivity index (χ0v) is 10.7. The van der Waals surface area contributed by atoms with Crippen molar-refractivity contribution in [3.05, 3.63) is 18.2 Å². The molecule has 2 fully saturated rings. The summed E-state index contributed by atoms with van der Waals surface area (Å²) in [5.41, 5.74) is 0. The Morgan fingerprint density at radius 3 is 2.65 bits per heavy atom. The van der Waals surface area contributed by atoms with Gasteiger partial charge in [0.15, 0.2) is 0 Å². The fourth-order valence-electron chi connectivity index (χ4n) is 2.84. The van der Waals surface area contributed by atoms with E-state index in [0.717, 1.165) is 37.4 Å². The number of hydrogen-bond acceptors (Lipinski definition) is 2. The van der Waals surface area contributed by atoms with Crippen LogP contribution in [0.25, 0.3) is 0 Å². The van der Waals surface area contributed by atoms with Gasteiger partial charge >= 0.3 is 0 Å². The van der Waals surface area contributed by atoms with E-state index >= 15 is 0 Å². The maximum atomic E-state index is 4.36. The summed E-state index contributed by atoms with van der Waals surface area (Å²) in [6, 6.07) is 0.823. The highest BCUT2D eigenvalue weighted by Gasteiger charge is 2.40. The molecule has 17 heavy (non-hydrogen) atoms. The molecule has 1 N–H and O–H groups in total. The van der Waals surface area contributed by atoms with E-state index in [0.29, 0.717) is 0 Å². The Bertz CT molecular complexity index is 351. The monoisotopic (exact) mass is 233 g/mol. The Labute approximate surface area is 104 Å². The number of rotatable bonds is 7. The van der Waals surface area contributed by atoms with Gasteiger partial charge in [-0.2, -0.15) is 0 Å². The van der Waals surface area contributed by atoms with Crippen LogP contribution in [0, 0.1) is 11.8 Å². The van der Waals surface area contributed by atoms with Crippen LogP contribution in [-0.2, 0) is 13.0 Å². The quantitative estimate of drug-likeness (QED) is 0.782. The second-order valence-corrected chi connectivity index (χ2v) is 5.55. The van der Waals surface area contributed by atoms with E-state index in [4.69, 9.17) is 0 Å². The molecule has 0 aliphatic heterocycles. The Morgan fingerprint density at radius 1 is 1.35 bits per heavy atom. The molecule has 2 aliphatic rings. The van der Waals surface area contributed by atoms with E-state index in [1.54, 1.807) is 0 Å². The summed E-state index contributed by atoms with van der Waals surface area (Å²) in [7, 11) is 0. The molecule has 1 aromatic rings. The van der Waals surface area contributed by atoms with Gasteiger partial charge in [-0.1, -0.05) is 6.92 Å². The molecule has 94 valence electrons. The van der Waals surface area contributed by atoms with Gasteiger partial charge in [0.25, 0.3) is 0 Å². The van der Waals surface area contributed by atoms with Gasteiger partial charge in [-0.05, 0) is 37.5 Å². The van der Waals surface area contributed by atoms with E-state index in [1.165, 1.54) is 31.5 Å². The molecule has 0 amide bonds. The lowest BCUT2D eigenvalue weighted by Gasteiger charge is -2.18. The van der Waals surface area contributed by atoms with Crippen molar-refractivity contribution in [1.29, 1.82) is 0 Å². The number of nitrogens with one attached hydrogen (secondary N) is 1. The smallest absolute Gasteiger partial charge is 0.108 e. The second kappa shape index (κ2) is 4.81. The molecule has 2 saturated carbocycles. The Kier molecular flexibility index (Phi) is 3.19. The van der Waals surface area contributed by atoms with Crippen LogP contribution in [0.3, 0.4) is 0 Å². The van der Waals surface area contributed by atoms with Crippen molar-refractivity contribution >= 4 is 0 Å². The lowest BCUT2D eigenvalue weighted by atomic mass is 10.1. The van der Waals surface area contributed by atoms with Gasteiger partial charge in [-0.3, -0.25) is 0 Å². The van der Waals surface area contributed by atoms with Crippen molar-refractivity contribution in [3.63, 3.8) is 0 Å². The maximum Gasteiger partial charge on any atom is 0.108 e. The molecule has 0 radical (unpaired) electrons. The summed E-state index contributed by atoms with van der Waals surface area (Å²) in [6.07, 6.45) is 10.9. The molecular weight excluding hydrogens is 210 g/mol. The van der Waals surface area contributed by atoms with E-state index in [-0.39, 0.29) is 0 Å². The minimum atomic E-state index is 0.823. The highest BCUT2D eigenvalue weighted by atomic mass is 15.1. The minimum Gasteiger partial charge on any atom is -0.334 e. The molecule has 3 rings (SSSR count). The van der Waals surface area contributed by atoms with Crippen molar-refractivity contribution in [2.75, 3.05) is 6.54 Å². The van der Waals surface area contributed by atoms with Gasteiger partial charge in [0, 0.05) is 37.9 Å². The third kappa shape index (κ3) is 2.71. The summed E-state index contributed by atoms with van der Waals surface area (Å²) in [4.78, 5) is 4.36. The Balaban J connectivity index is 1.47. The SMILES string of the molecule is CCc1nccn1CCNC(C1CC1)C1CC1. The largest absolute Gasteiger partial charge is 0.334 e. The average molecular weight is 233 g/mol. The van der Waals surface area contributed by atoms with Gasteiger partial charge in [0.05, 0.1) is 0 Å². The van der Waals surface area contributed by atoms with Crippen molar-refractivity contribution in [2.24, 2.45) is 11.8 Å². The molecule has 0 unspecified atom stereocenters. The Morgan fingerprint density at radius 2 is 2.06 bits per heavy atom. The highest BCUT2D eigenvalue weighted by Crippen LogP contribution is 2.44. The van der Waals surface area contributed by atoms with Gasteiger partial charge < -0.3 is 9.88 Å². The molecule has 1 aromatic heterocycles. The molecular formula is C14H23N3. The fraction of sp³-hybridized carbons (Fsp3) is 0.786. The van der Waals surface area contributed by atoms with Crippen LogP contribution in [0.5, 0.6) is 0 Å². The first-order chi connectivity index (χ1) is 8.38. The van der Waals surface area contributed by atoms with E-state index in [9.17, 15) is 0 Å². The predicted octanol–water partition coefficient (Wildman–Crippen LogP) is 2.22. The molecule has 2 aliphatic carbocycles. The first-order valence-electron chi connectivity index (χ1n) is 7.12. The molecule has 3 heteroatoms. The average Bonchev–Trinajstić information content (AvgIpc) is 3.24. The van der Waals surface area contributed by atoms with Gasteiger partial charge in [-0.15, -0.1) is 0 Å². The molecule has 0 aromatic carbocycles. The standard InChI is InChI=1S/C14H23N3/c1-2-13-15-7-9-17(13)10-8-16-14(11-3-4-11)12-5-6-12/h7,9,11-12,14,16H,2-6,8,10H2,1H3. The van der Waals surface area contributed by atoms with Crippen molar-refractivity contribution in [3.8, 4) is 0 Å². The molecule has 0 spiro atoms. The van der Waals surface area contributed by atoms with Crippen LogP contribution in [0.2, 0.25) is 0 Å². The highest BCUT2D eigenvalue weighted by molar-refractivity contribution is 4.97. The van der Waals surface area contributed by atoms with E-state index < -0.39 is 0 Å². The first-order valence-corrected chi connectivity index (χ1v) is 7.12. The lowest BCUT2D eigenvalue weighted by molar-refractivity contribution is 0.405. The third-order valence-electron chi connectivity index (χ3n) is 4.11. The first kappa shape index (κ1) is 11.3. The van der Waals surface area contributed by atoms with Crippen LogP contribution >= 0.6 is 0 Å². The van der Waals surface area contributed by atoms with Crippen LogP contribution in [-0.4, -0.2) is 22.1 Å². The van der Waals surface area contributed by atoms with Gasteiger partial charge in [0.1, 0.15) is 5.82 Å². The maximum absolute atomic E-state index is 4.36. The lowest BCUT2D eigenvalue weighted by Crippen LogP contribution is -2.35.